The predicted octanol–water partition coefficient (Wildman–Crippen LogP) is 4.81. The second-order valence-corrected chi connectivity index (χ2v) is 7.37. The number of aromatic amines is 1. The minimum atomic E-state index is -0.300. The van der Waals surface area contributed by atoms with E-state index in [-0.39, 0.29) is 11.7 Å². The average molecular weight is 407 g/mol. The Balaban J connectivity index is 1.67. The predicted molar refractivity (Wildman–Crippen MR) is 109 cm³/mol. The lowest BCUT2D eigenvalue weighted by Crippen LogP contribution is -2.08. The van der Waals surface area contributed by atoms with E-state index < -0.39 is 0 Å². The van der Waals surface area contributed by atoms with E-state index in [1.165, 1.54) is 18.5 Å². The van der Waals surface area contributed by atoms with Crippen molar-refractivity contribution in [3.05, 3.63) is 77.3 Å². The van der Waals surface area contributed by atoms with Gasteiger partial charge in [-0.1, -0.05) is 30.7 Å². The Labute approximate surface area is 170 Å². The van der Waals surface area contributed by atoms with Crippen LogP contribution in [0.3, 0.4) is 0 Å². The summed E-state index contributed by atoms with van der Waals surface area (Å²) in [4.78, 5) is 15.9. The molecule has 4 heterocycles. The first-order valence-electron chi connectivity index (χ1n) is 9.17. The van der Waals surface area contributed by atoms with Crippen molar-refractivity contribution in [1.29, 1.82) is 0 Å². The fourth-order valence-electron chi connectivity index (χ4n) is 3.73. The van der Waals surface area contributed by atoms with Gasteiger partial charge in [0.2, 0.25) is 0 Å². The summed E-state index contributed by atoms with van der Waals surface area (Å²) in [6, 6.07) is 10.3. The molecule has 1 N–H and O–H groups in total. The van der Waals surface area contributed by atoms with Gasteiger partial charge in [-0.3, -0.25) is 0 Å². The molecule has 0 saturated heterocycles. The van der Waals surface area contributed by atoms with Crippen LogP contribution in [0.15, 0.2) is 55.2 Å². The highest BCUT2D eigenvalue weighted by Crippen LogP contribution is 2.35. The van der Waals surface area contributed by atoms with Crippen molar-refractivity contribution in [3.63, 3.8) is 0 Å². The van der Waals surface area contributed by atoms with Crippen molar-refractivity contribution < 1.29 is 4.39 Å². The first-order valence-corrected chi connectivity index (χ1v) is 9.54. The lowest BCUT2D eigenvalue weighted by Gasteiger charge is -2.19. The SMILES string of the molecule is CC(Cc1ncnc2nc[nH]c12)c1cc(Cl)c2ccnn2c1-c1cccc(F)c1. The molecule has 1 unspecified atom stereocenters. The lowest BCUT2D eigenvalue weighted by molar-refractivity contribution is 0.628. The number of aromatic nitrogens is 6. The molecule has 0 bridgehead atoms. The van der Waals surface area contributed by atoms with Crippen molar-refractivity contribution in [2.45, 2.75) is 19.3 Å². The largest absolute Gasteiger partial charge is 0.342 e. The van der Waals surface area contributed by atoms with E-state index in [2.05, 4.69) is 32.0 Å². The maximum Gasteiger partial charge on any atom is 0.180 e. The summed E-state index contributed by atoms with van der Waals surface area (Å²) < 4.78 is 15.8. The smallest absolute Gasteiger partial charge is 0.180 e. The van der Waals surface area contributed by atoms with Crippen molar-refractivity contribution in [2.24, 2.45) is 0 Å². The van der Waals surface area contributed by atoms with Gasteiger partial charge in [0.15, 0.2) is 5.65 Å². The molecule has 0 amide bonds. The number of halogens is 2. The van der Waals surface area contributed by atoms with Crippen LogP contribution in [0.1, 0.15) is 24.1 Å². The molecule has 5 aromatic rings. The molecule has 0 aliphatic rings. The van der Waals surface area contributed by atoms with Gasteiger partial charge < -0.3 is 4.98 Å². The number of imidazole rings is 1. The van der Waals surface area contributed by atoms with Gasteiger partial charge in [0.25, 0.3) is 0 Å². The Morgan fingerprint density at radius 2 is 2.07 bits per heavy atom. The number of hydrogen-bond donors (Lipinski definition) is 1. The molecule has 144 valence electrons. The summed E-state index contributed by atoms with van der Waals surface area (Å²) in [5.41, 5.74) is 5.61. The van der Waals surface area contributed by atoms with E-state index in [0.29, 0.717) is 17.1 Å². The van der Waals surface area contributed by atoms with E-state index in [1.807, 2.05) is 18.2 Å². The summed E-state index contributed by atoms with van der Waals surface area (Å²) >= 11 is 6.54. The molecule has 29 heavy (non-hydrogen) atoms. The fourth-order valence-corrected chi connectivity index (χ4v) is 3.99. The van der Waals surface area contributed by atoms with Crippen LogP contribution in [0.25, 0.3) is 27.9 Å². The van der Waals surface area contributed by atoms with Gasteiger partial charge >= 0.3 is 0 Å². The van der Waals surface area contributed by atoms with Gasteiger partial charge in [0.05, 0.1) is 34.5 Å². The summed E-state index contributed by atoms with van der Waals surface area (Å²) in [5.74, 6) is -0.271. The van der Waals surface area contributed by atoms with Crippen molar-refractivity contribution >= 4 is 28.3 Å². The Kier molecular flexibility index (Phi) is 4.24. The number of hydrogen-bond acceptors (Lipinski definition) is 4. The molecule has 8 heteroatoms. The highest BCUT2D eigenvalue weighted by atomic mass is 35.5. The Hall–Kier alpha value is -3.32. The van der Waals surface area contributed by atoms with Crippen LogP contribution >= 0.6 is 11.6 Å². The zero-order chi connectivity index (χ0) is 20.0. The number of nitrogens with zero attached hydrogens (tertiary/aromatic N) is 5. The number of pyridine rings is 1. The number of nitrogens with one attached hydrogen (secondary N) is 1. The third kappa shape index (κ3) is 3.03. The van der Waals surface area contributed by atoms with Crippen LogP contribution < -0.4 is 0 Å². The van der Waals surface area contributed by atoms with Crippen LogP contribution in [-0.2, 0) is 6.42 Å². The van der Waals surface area contributed by atoms with Crippen LogP contribution in [0, 0.1) is 5.82 Å². The number of benzene rings is 1. The molecular formula is C21H16ClFN6. The van der Waals surface area contributed by atoms with E-state index in [0.717, 1.165) is 33.5 Å². The first kappa shape index (κ1) is 17.8. The molecule has 0 saturated carbocycles. The number of rotatable bonds is 4. The van der Waals surface area contributed by atoms with Gasteiger partial charge in [0, 0.05) is 5.56 Å². The third-order valence-electron chi connectivity index (χ3n) is 5.08. The molecule has 0 spiro atoms. The molecule has 0 aliphatic carbocycles. The van der Waals surface area contributed by atoms with Crippen LogP contribution in [0.4, 0.5) is 4.39 Å². The second kappa shape index (κ2) is 6.93. The van der Waals surface area contributed by atoms with Crippen LogP contribution in [0.2, 0.25) is 5.02 Å². The normalized spacial score (nSPS) is 12.7. The summed E-state index contributed by atoms with van der Waals surface area (Å²) in [6.45, 7) is 2.09. The molecule has 0 aliphatic heterocycles. The topological polar surface area (TPSA) is 71.8 Å². The van der Waals surface area contributed by atoms with Gasteiger partial charge in [-0.15, -0.1) is 0 Å². The average Bonchev–Trinajstić information content (AvgIpc) is 3.38. The zero-order valence-electron chi connectivity index (χ0n) is 15.5. The lowest BCUT2D eigenvalue weighted by atomic mass is 9.91. The zero-order valence-corrected chi connectivity index (χ0v) is 16.2. The highest BCUT2D eigenvalue weighted by molar-refractivity contribution is 6.34. The maximum atomic E-state index is 14.0. The Morgan fingerprint density at radius 3 is 2.93 bits per heavy atom. The van der Waals surface area contributed by atoms with Gasteiger partial charge in [-0.25, -0.2) is 23.9 Å². The van der Waals surface area contributed by atoms with Gasteiger partial charge in [-0.05, 0) is 42.2 Å². The van der Waals surface area contributed by atoms with Crippen molar-refractivity contribution in [2.75, 3.05) is 0 Å². The first-order chi connectivity index (χ1) is 14.1. The van der Waals surface area contributed by atoms with E-state index in [4.69, 9.17) is 11.6 Å². The standard InChI is InChI=1S/C21H16ClFN6/c1-12(7-17-19-21(26-10-24-17)27-11-25-19)15-9-16(22)18-5-6-28-29(18)20(15)13-3-2-4-14(23)8-13/h2-6,8-12H,7H2,1H3,(H,24,25,26,27). The summed E-state index contributed by atoms with van der Waals surface area (Å²) in [7, 11) is 0. The molecular weight excluding hydrogens is 391 g/mol. The monoisotopic (exact) mass is 406 g/mol. The molecule has 0 fully saturated rings. The number of fused-ring (bicyclic) bond motifs is 2. The Morgan fingerprint density at radius 1 is 1.17 bits per heavy atom. The van der Waals surface area contributed by atoms with E-state index in [9.17, 15) is 4.39 Å². The van der Waals surface area contributed by atoms with E-state index in [1.54, 1.807) is 23.1 Å². The van der Waals surface area contributed by atoms with Gasteiger partial charge in [-0.2, -0.15) is 5.10 Å². The molecule has 4 aromatic heterocycles. The molecule has 5 rings (SSSR count). The van der Waals surface area contributed by atoms with Crippen molar-refractivity contribution in [1.82, 2.24) is 29.5 Å². The molecule has 1 aromatic carbocycles. The quantitative estimate of drug-likeness (QED) is 0.465. The van der Waals surface area contributed by atoms with E-state index >= 15 is 0 Å². The second-order valence-electron chi connectivity index (χ2n) is 6.96. The van der Waals surface area contributed by atoms with Gasteiger partial charge in [0.1, 0.15) is 17.7 Å². The fraction of sp³-hybridized carbons (Fsp3) is 0.143. The summed E-state index contributed by atoms with van der Waals surface area (Å²) in [6.07, 6.45) is 5.45. The highest BCUT2D eigenvalue weighted by Gasteiger charge is 2.21. The third-order valence-corrected chi connectivity index (χ3v) is 5.39. The van der Waals surface area contributed by atoms with Crippen molar-refractivity contribution in [3.8, 4) is 11.3 Å². The summed E-state index contributed by atoms with van der Waals surface area (Å²) in [5, 5.41) is 5.04. The maximum absolute atomic E-state index is 14.0. The molecule has 1 atom stereocenters. The molecule has 6 nitrogen and oxygen atoms in total. The molecule has 0 radical (unpaired) electrons. The minimum Gasteiger partial charge on any atom is -0.342 e. The van der Waals surface area contributed by atoms with Crippen LogP contribution in [0.5, 0.6) is 0 Å². The Bertz CT molecular complexity index is 1340. The minimum absolute atomic E-state index is 0.0285. The van der Waals surface area contributed by atoms with Crippen LogP contribution in [-0.4, -0.2) is 29.5 Å². The number of H-pyrrole nitrogens is 1.